The Morgan fingerprint density at radius 2 is 2.00 bits per heavy atom. The molecule has 138 valence electrons. The van der Waals surface area contributed by atoms with Crippen molar-refractivity contribution in [3.63, 3.8) is 0 Å². The summed E-state index contributed by atoms with van der Waals surface area (Å²) in [6, 6.07) is 12.5. The van der Waals surface area contributed by atoms with E-state index in [-0.39, 0.29) is 18.1 Å². The fourth-order valence-electron chi connectivity index (χ4n) is 3.72. The zero-order chi connectivity index (χ0) is 18.1. The van der Waals surface area contributed by atoms with Crippen molar-refractivity contribution in [1.82, 2.24) is 15.8 Å². The maximum absolute atomic E-state index is 12.8. The molecular weight excluding hydrogens is 330 g/mol. The largest absolute Gasteiger partial charge is 0.497 e. The SMILES string of the molecule is COc1ccc2cc(C3CN(C(=O)C4CC(C)NN4)CCO3)ccc2c1. The molecule has 3 unspecified atom stereocenters. The maximum atomic E-state index is 12.8. The van der Waals surface area contributed by atoms with E-state index in [1.807, 2.05) is 17.0 Å². The van der Waals surface area contributed by atoms with E-state index in [1.54, 1.807) is 7.11 Å². The van der Waals surface area contributed by atoms with Crippen molar-refractivity contribution >= 4 is 16.7 Å². The maximum Gasteiger partial charge on any atom is 0.241 e. The van der Waals surface area contributed by atoms with Crippen LogP contribution in [0, 0.1) is 0 Å². The molecule has 2 saturated heterocycles. The molecule has 0 spiro atoms. The number of carbonyl (C=O) groups excluding carboxylic acids is 1. The molecule has 2 aliphatic rings. The molecule has 2 heterocycles. The van der Waals surface area contributed by atoms with Gasteiger partial charge >= 0.3 is 0 Å². The first-order valence-electron chi connectivity index (χ1n) is 9.13. The molecule has 2 fully saturated rings. The van der Waals surface area contributed by atoms with Crippen molar-refractivity contribution in [3.05, 3.63) is 42.0 Å². The molecule has 6 heteroatoms. The highest BCUT2D eigenvalue weighted by Gasteiger charge is 2.33. The number of nitrogens with one attached hydrogen (secondary N) is 2. The Morgan fingerprint density at radius 1 is 1.19 bits per heavy atom. The Bertz CT molecular complexity index is 810. The lowest BCUT2D eigenvalue weighted by Crippen LogP contribution is -2.50. The molecule has 26 heavy (non-hydrogen) atoms. The lowest BCUT2D eigenvalue weighted by Gasteiger charge is -2.34. The number of benzene rings is 2. The zero-order valence-corrected chi connectivity index (χ0v) is 15.2. The second-order valence-corrected chi connectivity index (χ2v) is 7.09. The Kier molecular flexibility index (Phi) is 4.80. The normalized spacial score (nSPS) is 26.2. The van der Waals surface area contributed by atoms with Gasteiger partial charge in [-0.1, -0.05) is 18.2 Å². The summed E-state index contributed by atoms with van der Waals surface area (Å²) < 4.78 is 11.3. The van der Waals surface area contributed by atoms with Crippen LogP contribution >= 0.6 is 0 Å². The van der Waals surface area contributed by atoms with Crippen LogP contribution < -0.4 is 15.6 Å². The zero-order valence-electron chi connectivity index (χ0n) is 15.2. The van der Waals surface area contributed by atoms with E-state index in [9.17, 15) is 4.79 Å². The average molecular weight is 355 g/mol. The molecule has 0 aromatic heterocycles. The summed E-state index contributed by atoms with van der Waals surface area (Å²) in [7, 11) is 1.67. The Morgan fingerprint density at radius 3 is 2.77 bits per heavy atom. The number of fused-ring (bicyclic) bond motifs is 1. The van der Waals surface area contributed by atoms with Crippen LogP contribution in [0.4, 0.5) is 0 Å². The molecule has 0 saturated carbocycles. The molecule has 2 aromatic rings. The predicted octanol–water partition coefficient (Wildman–Crippen LogP) is 2.00. The Labute approximate surface area is 153 Å². The minimum Gasteiger partial charge on any atom is -0.497 e. The van der Waals surface area contributed by atoms with Crippen LogP contribution in [-0.2, 0) is 9.53 Å². The molecular formula is C20H25N3O3. The van der Waals surface area contributed by atoms with Crippen molar-refractivity contribution < 1.29 is 14.3 Å². The molecule has 1 amide bonds. The third-order valence-electron chi connectivity index (χ3n) is 5.21. The molecule has 2 aliphatic heterocycles. The summed E-state index contributed by atoms with van der Waals surface area (Å²) in [4.78, 5) is 14.7. The van der Waals surface area contributed by atoms with Crippen LogP contribution in [0.3, 0.4) is 0 Å². The first-order chi connectivity index (χ1) is 12.6. The lowest BCUT2D eigenvalue weighted by atomic mass is 10.0. The molecule has 0 bridgehead atoms. The van der Waals surface area contributed by atoms with Gasteiger partial charge in [0, 0.05) is 12.6 Å². The average Bonchev–Trinajstić information content (AvgIpc) is 3.13. The van der Waals surface area contributed by atoms with Gasteiger partial charge in [-0.3, -0.25) is 10.2 Å². The first kappa shape index (κ1) is 17.3. The minimum atomic E-state index is -0.146. The smallest absolute Gasteiger partial charge is 0.241 e. The van der Waals surface area contributed by atoms with E-state index in [0.29, 0.717) is 25.7 Å². The molecule has 2 N–H and O–H groups in total. The van der Waals surface area contributed by atoms with Gasteiger partial charge in [0.1, 0.15) is 17.9 Å². The topological polar surface area (TPSA) is 62.8 Å². The van der Waals surface area contributed by atoms with Gasteiger partial charge in [0.15, 0.2) is 0 Å². The Hall–Kier alpha value is -2.15. The number of hydrazine groups is 1. The van der Waals surface area contributed by atoms with E-state index in [4.69, 9.17) is 9.47 Å². The predicted molar refractivity (Wildman–Crippen MR) is 99.9 cm³/mol. The van der Waals surface area contributed by atoms with Crippen molar-refractivity contribution in [2.24, 2.45) is 0 Å². The van der Waals surface area contributed by atoms with E-state index in [1.165, 1.54) is 0 Å². The van der Waals surface area contributed by atoms with Gasteiger partial charge in [-0.05, 0) is 47.9 Å². The van der Waals surface area contributed by atoms with E-state index < -0.39 is 0 Å². The van der Waals surface area contributed by atoms with Gasteiger partial charge in [0.25, 0.3) is 0 Å². The summed E-state index contributed by atoms with van der Waals surface area (Å²) in [5.41, 5.74) is 7.32. The van der Waals surface area contributed by atoms with E-state index in [2.05, 4.69) is 42.0 Å². The van der Waals surface area contributed by atoms with Crippen LogP contribution in [-0.4, -0.2) is 49.7 Å². The highest BCUT2D eigenvalue weighted by molar-refractivity contribution is 5.85. The van der Waals surface area contributed by atoms with Crippen molar-refractivity contribution in [2.75, 3.05) is 26.8 Å². The molecule has 3 atom stereocenters. The molecule has 4 rings (SSSR count). The van der Waals surface area contributed by atoms with E-state index >= 15 is 0 Å². The van der Waals surface area contributed by atoms with Gasteiger partial charge in [0.05, 0.1) is 20.3 Å². The molecule has 0 radical (unpaired) electrons. The van der Waals surface area contributed by atoms with Gasteiger partial charge < -0.3 is 14.4 Å². The van der Waals surface area contributed by atoms with Crippen LogP contribution in [0.2, 0.25) is 0 Å². The van der Waals surface area contributed by atoms with Gasteiger partial charge in [-0.2, -0.15) is 0 Å². The third kappa shape index (κ3) is 3.40. The molecule has 6 nitrogen and oxygen atoms in total. The summed E-state index contributed by atoms with van der Waals surface area (Å²) in [5.74, 6) is 1.00. The second kappa shape index (κ2) is 7.23. The highest BCUT2D eigenvalue weighted by Crippen LogP contribution is 2.28. The summed E-state index contributed by atoms with van der Waals surface area (Å²) in [6.45, 7) is 3.87. The van der Waals surface area contributed by atoms with Crippen molar-refractivity contribution in [1.29, 1.82) is 0 Å². The number of hydrogen-bond donors (Lipinski definition) is 2. The quantitative estimate of drug-likeness (QED) is 0.882. The molecule has 2 aromatic carbocycles. The number of nitrogens with zero attached hydrogens (tertiary/aromatic N) is 1. The number of ether oxygens (including phenoxy) is 2. The fraction of sp³-hybridized carbons (Fsp3) is 0.450. The highest BCUT2D eigenvalue weighted by atomic mass is 16.5. The third-order valence-corrected chi connectivity index (χ3v) is 5.21. The van der Waals surface area contributed by atoms with Gasteiger partial charge in [0.2, 0.25) is 5.91 Å². The van der Waals surface area contributed by atoms with Crippen LogP contribution in [0.25, 0.3) is 10.8 Å². The number of amides is 1. The van der Waals surface area contributed by atoms with E-state index in [0.717, 1.165) is 28.5 Å². The van der Waals surface area contributed by atoms with Crippen LogP contribution in [0.5, 0.6) is 5.75 Å². The summed E-state index contributed by atoms with van der Waals surface area (Å²) in [6.07, 6.45) is 0.726. The summed E-state index contributed by atoms with van der Waals surface area (Å²) >= 11 is 0. The number of rotatable bonds is 3. The summed E-state index contributed by atoms with van der Waals surface area (Å²) in [5, 5.41) is 2.28. The monoisotopic (exact) mass is 355 g/mol. The van der Waals surface area contributed by atoms with Crippen LogP contribution in [0.1, 0.15) is 25.0 Å². The number of morpholine rings is 1. The van der Waals surface area contributed by atoms with Gasteiger partial charge in [-0.25, -0.2) is 5.43 Å². The number of hydrogen-bond acceptors (Lipinski definition) is 5. The number of methoxy groups -OCH3 is 1. The minimum absolute atomic E-state index is 0.0917. The fourth-order valence-corrected chi connectivity index (χ4v) is 3.72. The van der Waals surface area contributed by atoms with Crippen LogP contribution in [0.15, 0.2) is 36.4 Å². The second-order valence-electron chi connectivity index (χ2n) is 7.09. The lowest BCUT2D eigenvalue weighted by molar-refractivity contribution is -0.141. The van der Waals surface area contributed by atoms with Crippen molar-refractivity contribution in [3.8, 4) is 5.75 Å². The first-order valence-corrected chi connectivity index (χ1v) is 9.13. The standard InChI is InChI=1S/C20H25N3O3/c1-13-9-18(22-21-13)20(24)23-7-8-26-19(12-23)16-4-3-15-11-17(25-2)6-5-14(15)10-16/h3-6,10-11,13,18-19,21-22H,7-9,12H2,1-2H3. The molecule has 0 aliphatic carbocycles. The number of carbonyl (C=O) groups is 1. The Balaban J connectivity index is 1.50. The van der Waals surface area contributed by atoms with Crippen molar-refractivity contribution in [2.45, 2.75) is 31.5 Å². The van der Waals surface area contributed by atoms with Gasteiger partial charge in [-0.15, -0.1) is 0 Å².